The van der Waals surface area contributed by atoms with E-state index in [9.17, 15) is 4.79 Å². The van der Waals surface area contributed by atoms with Crippen LogP contribution in [0.3, 0.4) is 0 Å². The Morgan fingerprint density at radius 1 is 1.10 bits per heavy atom. The van der Waals surface area contributed by atoms with Crippen molar-refractivity contribution in [3.63, 3.8) is 0 Å². The summed E-state index contributed by atoms with van der Waals surface area (Å²) in [5.41, 5.74) is 1.77. The van der Waals surface area contributed by atoms with Gasteiger partial charge < -0.3 is 14.5 Å². The van der Waals surface area contributed by atoms with Crippen LogP contribution < -0.4 is 9.64 Å². The van der Waals surface area contributed by atoms with Gasteiger partial charge in [-0.05, 0) is 43.7 Å². The average Bonchev–Trinajstić information content (AvgIpc) is 2.76. The second-order valence-electron chi connectivity index (χ2n) is 7.41. The van der Waals surface area contributed by atoms with Crippen molar-refractivity contribution in [3.8, 4) is 11.6 Å². The summed E-state index contributed by atoms with van der Waals surface area (Å²) in [5.74, 6) is 1.82. The molecule has 1 aromatic heterocycles. The molecular formula is C23H23ClN4O2. The molecule has 0 bridgehead atoms. The highest BCUT2D eigenvalue weighted by molar-refractivity contribution is 6.32. The Bertz CT molecular complexity index is 1040. The Hall–Kier alpha value is -3.12. The number of rotatable bonds is 4. The van der Waals surface area contributed by atoms with E-state index in [0.717, 1.165) is 11.4 Å². The molecular weight excluding hydrogens is 400 g/mol. The normalized spacial score (nSPS) is 16.4. The zero-order chi connectivity index (χ0) is 21.1. The molecule has 1 aliphatic rings. The lowest BCUT2D eigenvalue weighted by molar-refractivity contribution is 0.0673. The van der Waals surface area contributed by atoms with Gasteiger partial charge in [-0.25, -0.2) is 9.97 Å². The molecule has 154 valence electrons. The van der Waals surface area contributed by atoms with Crippen molar-refractivity contribution >= 4 is 23.3 Å². The van der Waals surface area contributed by atoms with Crippen molar-refractivity contribution in [1.29, 1.82) is 0 Å². The third-order valence-electron chi connectivity index (χ3n) is 5.16. The van der Waals surface area contributed by atoms with Gasteiger partial charge in [-0.15, -0.1) is 0 Å². The largest absolute Gasteiger partial charge is 0.437 e. The number of piperazine rings is 1. The molecule has 6 nitrogen and oxygen atoms in total. The highest BCUT2D eigenvalue weighted by Gasteiger charge is 2.28. The van der Waals surface area contributed by atoms with Crippen LogP contribution in [-0.4, -0.2) is 46.5 Å². The van der Waals surface area contributed by atoms with E-state index in [1.54, 1.807) is 12.1 Å². The molecule has 0 saturated carbocycles. The van der Waals surface area contributed by atoms with E-state index in [1.165, 1.54) is 6.33 Å². The molecule has 3 aromatic rings. The fourth-order valence-corrected chi connectivity index (χ4v) is 3.73. The van der Waals surface area contributed by atoms with Gasteiger partial charge in [0.2, 0.25) is 5.88 Å². The molecule has 2 heterocycles. The van der Waals surface area contributed by atoms with Gasteiger partial charge in [0, 0.05) is 37.3 Å². The summed E-state index contributed by atoms with van der Waals surface area (Å²) in [4.78, 5) is 25.5. The van der Waals surface area contributed by atoms with Gasteiger partial charge in [-0.2, -0.15) is 0 Å². The van der Waals surface area contributed by atoms with Gasteiger partial charge in [-0.1, -0.05) is 35.9 Å². The first-order chi connectivity index (χ1) is 14.5. The number of halogens is 1. The first kappa shape index (κ1) is 20.2. The molecule has 2 aromatic carbocycles. The molecule has 30 heavy (non-hydrogen) atoms. The van der Waals surface area contributed by atoms with Crippen LogP contribution in [0.2, 0.25) is 5.02 Å². The van der Waals surface area contributed by atoms with Crippen molar-refractivity contribution in [2.75, 3.05) is 24.5 Å². The van der Waals surface area contributed by atoms with Gasteiger partial charge in [0.15, 0.2) is 0 Å². The fraction of sp³-hybridized carbons (Fsp3) is 0.261. The van der Waals surface area contributed by atoms with Gasteiger partial charge >= 0.3 is 0 Å². The van der Waals surface area contributed by atoms with Crippen molar-refractivity contribution in [1.82, 2.24) is 14.9 Å². The molecule has 0 radical (unpaired) electrons. The number of amides is 1. The number of hydrogen-bond donors (Lipinski definition) is 0. The number of anilines is 1. The maximum atomic E-state index is 12.8. The van der Waals surface area contributed by atoms with Gasteiger partial charge in [0.25, 0.3) is 5.91 Å². The minimum absolute atomic E-state index is 0.0528. The third-order valence-corrected chi connectivity index (χ3v) is 5.47. The summed E-state index contributed by atoms with van der Waals surface area (Å²) < 4.78 is 5.89. The van der Waals surface area contributed by atoms with Gasteiger partial charge in [-0.3, -0.25) is 4.79 Å². The van der Waals surface area contributed by atoms with E-state index in [0.29, 0.717) is 41.8 Å². The number of carbonyl (C=O) groups excluding carboxylic acids is 1. The Labute approximate surface area is 181 Å². The van der Waals surface area contributed by atoms with E-state index in [1.807, 2.05) is 54.3 Å². The van der Waals surface area contributed by atoms with E-state index < -0.39 is 0 Å². The summed E-state index contributed by atoms with van der Waals surface area (Å²) >= 11 is 6.23. The first-order valence-corrected chi connectivity index (χ1v) is 10.3. The third kappa shape index (κ3) is 4.39. The van der Waals surface area contributed by atoms with Crippen LogP contribution in [0.15, 0.2) is 60.9 Å². The maximum Gasteiger partial charge on any atom is 0.254 e. The SMILES string of the molecule is Cc1ccc(Cl)c(Oc2cc(N3CCN(C(=O)c4ccccc4)C(C)C3)ncn2)c1. The lowest BCUT2D eigenvalue weighted by Gasteiger charge is -2.40. The first-order valence-electron chi connectivity index (χ1n) is 9.88. The number of carbonyl (C=O) groups is 1. The number of aryl methyl sites for hydroxylation is 1. The molecule has 1 atom stereocenters. The highest BCUT2D eigenvalue weighted by Crippen LogP contribution is 2.30. The number of benzene rings is 2. The Morgan fingerprint density at radius 2 is 1.90 bits per heavy atom. The predicted molar refractivity (Wildman–Crippen MR) is 117 cm³/mol. The maximum absolute atomic E-state index is 12.8. The minimum Gasteiger partial charge on any atom is -0.437 e. The highest BCUT2D eigenvalue weighted by atomic mass is 35.5. The van der Waals surface area contributed by atoms with Crippen LogP contribution in [0, 0.1) is 6.92 Å². The monoisotopic (exact) mass is 422 g/mol. The molecule has 1 saturated heterocycles. The lowest BCUT2D eigenvalue weighted by Crippen LogP contribution is -2.54. The zero-order valence-corrected chi connectivity index (χ0v) is 17.7. The van der Waals surface area contributed by atoms with Gasteiger partial charge in [0.1, 0.15) is 17.9 Å². The summed E-state index contributed by atoms with van der Waals surface area (Å²) in [5, 5.41) is 0.530. The van der Waals surface area contributed by atoms with Gasteiger partial charge in [0.05, 0.1) is 5.02 Å². The molecule has 4 rings (SSSR count). The number of aromatic nitrogens is 2. The van der Waals surface area contributed by atoms with Crippen LogP contribution >= 0.6 is 11.6 Å². The predicted octanol–water partition coefficient (Wildman–Crippen LogP) is 4.58. The zero-order valence-electron chi connectivity index (χ0n) is 17.0. The fourth-order valence-electron chi connectivity index (χ4n) is 3.57. The number of nitrogens with zero attached hydrogens (tertiary/aromatic N) is 4. The van der Waals surface area contributed by atoms with Crippen molar-refractivity contribution in [3.05, 3.63) is 77.1 Å². The van der Waals surface area contributed by atoms with Crippen molar-refractivity contribution in [2.45, 2.75) is 19.9 Å². The summed E-state index contributed by atoms with van der Waals surface area (Å²) in [6.07, 6.45) is 1.49. The minimum atomic E-state index is 0.0528. The quantitative estimate of drug-likeness (QED) is 0.615. The molecule has 1 amide bonds. The smallest absolute Gasteiger partial charge is 0.254 e. The van der Waals surface area contributed by atoms with E-state index in [4.69, 9.17) is 16.3 Å². The van der Waals surface area contributed by atoms with E-state index in [-0.39, 0.29) is 11.9 Å². The van der Waals surface area contributed by atoms with Crippen LogP contribution in [-0.2, 0) is 0 Å². The molecule has 1 unspecified atom stereocenters. The van der Waals surface area contributed by atoms with Crippen LogP contribution in [0.1, 0.15) is 22.8 Å². The second-order valence-corrected chi connectivity index (χ2v) is 7.82. The average molecular weight is 423 g/mol. The molecule has 0 N–H and O–H groups in total. The summed E-state index contributed by atoms with van der Waals surface area (Å²) in [6, 6.07) is 16.9. The van der Waals surface area contributed by atoms with E-state index in [2.05, 4.69) is 21.8 Å². The summed E-state index contributed by atoms with van der Waals surface area (Å²) in [7, 11) is 0. The molecule has 0 spiro atoms. The van der Waals surface area contributed by atoms with Crippen molar-refractivity contribution in [2.24, 2.45) is 0 Å². The molecule has 0 aliphatic carbocycles. The van der Waals surface area contributed by atoms with Crippen LogP contribution in [0.25, 0.3) is 0 Å². The molecule has 7 heteroatoms. The topological polar surface area (TPSA) is 58.6 Å². The van der Waals surface area contributed by atoms with Crippen LogP contribution in [0.4, 0.5) is 5.82 Å². The second kappa shape index (κ2) is 8.71. The number of hydrogen-bond acceptors (Lipinski definition) is 5. The Morgan fingerprint density at radius 3 is 2.67 bits per heavy atom. The summed E-state index contributed by atoms with van der Waals surface area (Å²) in [6.45, 7) is 6.02. The molecule has 1 aliphatic heterocycles. The Balaban J connectivity index is 1.46. The number of ether oxygens (including phenoxy) is 1. The lowest BCUT2D eigenvalue weighted by atomic mass is 10.1. The Kier molecular flexibility index (Phi) is 5.86. The standard InChI is InChI=1S/C23H23ClN4O2/c1-16-8-9-19(24)20(12-16)30-22-13-21(25-15-26-22)27-10-11-28(17(2)14-27)23(29)18-6-4-3-5-7-18/h3-9,12-13,15,17H,10-11,14H2,1-2H3. The van der Waals surface area contributed by atoms with E-state index >= 15 is 0 Å². The van der Waals surface area contributed by atoms with Crippen molar-refractivity contribution < 1.29 is 9.53 Å². The van der Waals surface area contributed by atoms with Crippen LogP contribution in [0.5, 0.6) is 11.6 Å². The molecule has 1 fully saturated rings.